The van der Waals surface area contributed by atoms with Crippen molar-refractivity contribution in [1.29, 1.82) is 0 Å². The Morgan fingerprint density at radius 2 is 1.89 bits per heavy atom. The third kappa shape index (κ3) is 3.23. The minimum absolute atomic E-state index is 0.105. The summed E-state index contributed by atoms with van der Waals surface area (Å²) >= 11 is 5.89. The van der Waals surface area contributed by atoms with Gasteiger partial charge in [-0.05, 0) is 30.5 Å². The smallest absolute Gasteiger partial charge is 0.159 e. The van der Waals surface area contributed by atoms with Crippen molar-refractivity contribution in [3.8, 4) is 0 Å². The molecule has 18 heavy (non-hydrogen) atoms. The van der Waals surface area contributed by atoms with Crippen molar-refractivity contribution in [2.75, 3.05) is 20.8 Å². The highest BCUT2D eigenvalue weighted by molar-refractivity contribution is 6.30. The monoisotopic (exact) mass is 270 g/mol. The molecule has 0 aliphatic carbocycles. The second kappa shape index (κ2) is 6.53. The number of hydrogen-bond donors (Lipinski definition) is 0. The van der Waals surface area contributed by atoms with Gasteiger partial charge in [-0.3, -0.25) is 0 Å². The van der Waals surface area contributed by atoms with Gasteiger partial charge in [0.15, 0.2) is 6.29 Å². The Kier molecular flexibility index (Phi) is 5.01. The molecule has 2 atom stereocenters. The van der Waals surface area contributed by atoms with E-state index >= 15 is 0 Å². The van der Waals surface area contributed by atoms with Gasteiger partial charge >= 0.3 is 0 Å². The highest BCUT2D eigenvalue weighted by Crippen LogP contribution is 2.34. The first-order valence-corrected chi connectivity index (χ1v) is 6.55. The van der Waals surface area contributed by atoms with E-state index in [4.69, 9.17) is 25.8 Å². The van der Waals surface area contributed by atoms with E-state index in [1.54, 1.807) is 14.2 Å². The van der Waals surface area contributed by atoms with Crippen LogP contribution in [0.1, 0.15) is 24.5 Å². The lowest BCUT2D eigenvalue weighted by atomic mass is 9.91. The summed E-state index contributed by atoms with van der Waals surface area (Å²) in [5.41, 5.74) is 1.16. The minimum atomic E-state index is -0.149. The van der Waals surface area contributed by atoms with Crippen molar-refractivity contribution in [3.63, 3.8) is 0 Å². The van der Waals surface area contributed by atoms with Gasteiger partial charge in [-0.25, -0.2) is 0 Å². The van der Waals surface area contributed by atoms with E-state index in [1.165, 1.54) is 0 Å². The first-order valence-electron chi connectivity index (χ1n) is 6.17. The Bertz CT molecular complexity index is 362. The lowest BCUT2D eigenvalue weighted by Crippen LogP contribution is -2.31. The Hall–Kier alpha value is -0.610. The maximum atomic E-state index is 5.89. The molecule has 0 aromatic heterocycles. The third-order valence-corrected chi connectivity index (χ3v) is 3.67. The Balaban J connectivity index is 2.04. The van der Waals surface area contributed by atoms with Gasteiger partial charge in [-0.15, -0.1) is 0 Å². The van der Waals surface area contributed by atoms with Gasteiger partial charge in [-0.1, -0.05) is 23.7 Å². The maximum absolute atomic E-state index is 5.89. The number of ether oxygens (including phenoxy) is 3. The summed E-state index contributed by atoms with van der Waals surface area (Å²) in [6.45, 7) is 0.737. The van der Waals surface area contributed by atoms with Crippen LogP contribution >= 0.6 is 11.6 Å². The van der Waals surface area contributed by atoms with Gasteiger partial charge in [0.2, 0.25) is 0 Å². The summed E-state index contributed by atoms with van der Waals surface area (Å²) in [5, 5.41) is 0.748. The van der Waals surface area contributed by atoms with Crippen LogP contribution in [0.3, 0.4) is 0 Å². The summed E-state index contributed by atoms with van der Waals surface area (Å²) in [6.07, 6.45) is 1.84. The first-order chi connectivity index (χ1) is 8.74. The maximum Gasteiger partial charge on any atom is 0.159 e. The zero-order valence-electron chi connectivity index (χ0n) is 10.8. The summed E-state index contributed by atoms with van der Waals surface area (Å²) in [4.78, 5) is 0. The van der Waals surface area contributed by atoms with Crippen molar-refractivity contribution >= 4 is 11.6 Å². The quantitative estimate of drug-likeness (QED) is 0.785. The van der Waals surface area contributed by atoms with Gasteiger partial charge in [0.1, 0.15) is 0 Å². The SMILES string of the molecule is COC(OC)[C@@H]1CCO[C@H](c2ccc(Cl)cc2)C1. The lowest BCUT2D eigenvalue weighted by molar-refractivity contribution is -0.165. The van der Waals surface area contributed by atoms with E-state index in [1.807, 2.05) is 24.3 Å². The summed E-state index contributed by atoms with van der Waals surface area (Å²) in [6, 6.07) is 7.83. The average molecular weight is 271 g/mol. The number of hydrogen-bond acceptors (Lipinski definition) is 3. The fraction of sp³-hybridized carbons (Fsp3) is 0.571. The van der Waals surface area contributed by atoms with Crippen molar-refractivity contribution in [1.82, 2.24) is 0 Å². The highest BCUT2D eigenvalue weighted by atomic mass is 35.5. The van der Waals surface area contributed by atoms with Gasteiger partial charge in [0.05, 0.1) is 6.10 Å². The van der Waals surface area contributed by atoms with E-state index in [0.29, 0.717) is 5.92 Å². The fourth-order valence-electron chi connectivity index (χ4n) is 2.46. The lowest BCUT2D eigenvalue weighted by Gasteiger charge is -2.33. The molecule has 1 aromatic carbocycles. The van der Waals surface area contributed by atoms with Crippen molar-refractivity contribution < 1.29 is 14.2 Å². The Labute approximate surface area is 113 Å². The molecule has 0 spiro atoms. The van der Waals surface area contributed by atoms with Crippen LogP contribution in [0.5, 0.6) is 0 Å². The van der Waals surface area contributed by atoms with Crippen LogP contribution in [-0.2, 0) is 14.2 Å². The molecule has 3 nitrogen and oxygen atoms in total. The van der Waals surface area contributed by atoms with Gasteiger partial charge < -0.3 is 14.2 Å². The number of benzene rings is 1. The molecule has 1 aromatic rings. The molecule has 0 amide bonds. The summed E-state index contributed by atoms with van der Waals surface area (Å²) in [5.74, 6) is 0.370. The molecule has 1 heterocycles. The average Bonchev–Trinajstić information content (AvgIpc) is 2.41. The van der Waals surface area contributed by atoms with E-state index in [2.05, 4.69) is 0 Å². The molecule has 1 saturated heterocycles. The van der Waals surface area contributed by atoms with Gasteiger partial charge in [0.25, 0.3) is 0 Å². The summed E-state index contributed by atoms with van der Waals surface area (Å²) in [7, 11) is 3.36. The zero-order valence-corrected chi connectivity index (χ0v) is 11.5. The summed E-state index contributed by atoms with van der Waals surface area (Å²) < 4.78 is 16.5. The van der Waals surface area contributed by atoms with E-state index in [9.17, 15) is 0 Å². The third-order valence-electron chi connectivity index (χ3n) is 3.42. The molecule has 0 saturated carbocycles. The standard InChI is InChI=1S/C14H19ClO3/c1-16-14(17-2)11-7-8-18-13(9-11)10-3-5-12(15)6-4-10/h3-6,11,13-14H,7-9H2,1-2H3/t11-,13+/m1/s1. The van der Waals surface area contributed by atoms with Crippen LogP contribution in [0, 0.1) is 5.92 Å². The Morgan fingerprint density at radius 1 is 1.22 bits per heavy atom. The first kappa shape index (κ1) is 13.8. The molecule has 1 aliphatic heterocycles. The molecule has 4 heteroatoms. The normalized spacial score (nSPS) is 24.4. The van der Waals surface area contributed by atoms with E-state index in [0.717, 1.165) is 30.0 Å². The number of rotatable bonds is 4. The molecule has 2 rings (SSSR count). The topological polar surface area (TPSA) is 27.7 Å². The molecule has 1 aliphatic rings. The predicted octanol–water partition coefficient (Wildman–Crippen LogP) is 3.43. The number of methoxy groups -OCH3 is 2. The van der Waals surface area contributed by atoms with Crippen LogP contribution in [-0.4, -0.2) is 27.1 Å². The van der Waals surface area contributed by atoms with Crippen LogP contribution in [0.2, 0.25) is 5.02 Å². The molecule has 0 radical (unpaired) electrons. The molecule has 100 valence electrons. The highest BCUT2D eigenvalue weighted by Gasteiger charge is 2.29. The molecular weight excluding hydrogens is 252 g/mol. The van der Waals surface area contributed by atoms with Crippen LogP contribution in [0.4, 0.5) is 0 Å². The second-order valence-electron chi connectivity index (χ2n) is 4.54. The van der Waals surface area contributed by atoms with Crippen LogP contribution in [0.15, 0.2) is 24.3 Å². The van der Waals surface area contributed by atoms with Crippen LogP contribution < -0.4 is 0 Å². The van der Waals surface area contributed by atoms with Gasteiger partial charge in [0, 0.05) is 31.8 Å². The molecule has 0 N–H and O–H groups in total. The largest absolute Gasteiger partial charge is 0.374 e. The number of halogens is 1. The van der Waals surface area contributed by atoms with E-state index in [-0.39, 0.29) is 12.4 Å². The van der Waals surface area contributed by atoms with E-state index < -0.39 is 0 Å². The molecule has 1 fully saturated rings. The van der Waals surface area contributed by atoms with Crippen LogP contribution in [0.25, 0.3) is 0 Å². The van der Waals surface area contributed by atoms with Gasteiger partial charge in [-0.2, -0.15) is 0 Å². The molecule has 0 unspecified atom stereocenters. The Morgan fingerprint density at radius 3 is 2.50 bits per heavy atom. The van der Waals surface area contributed by atoms with Crippen molar-refractivity contribution in [3.05, 3.63) is 34.9 Å². The zero-order chi connectivity index (χ0) is 13.0. The minimum Gasteiger partial charge on any atom is -0.374 e. The second-order valence-corrected chi connectivity index (χ2v) is 4.97. The molecule has 0 bridgehead atoms. The fourth-order valence-corrected chi connectivity index (χ4v) is 2.59. The van der Waals surface area contributed by atoms with Crippen molar-refractivity contribution in [2.45, 2.75) is 25.2 Å². The predicted molar refractivity (Wildman–Crippen MR) is 70.7 cm³/mol. The molecular formula is C14H19ClO3. The van der Waals surface area contributed by atoms with Crippen molar-refractivity contribution in [2.24, 2.45) is 5.92 Å².